The lowest BCUT2D eigenvalue weighted by Gasteiger charge is -2.29. The predicted molar refractivity (Wildman–Crippen MR) is 82.0 cm³/mol. The normalized spacial score (nSPS) is 24.0. The molecule has 2 unspecified atom stereocenters. The number of amides is 1. The molecule has 122 valence electrons. The van der Waals surface area contributed by atoms with Gasteiger partial charge in [-0.15, -0.1) is 0 Å². The van der Waals surface area contributed by atoms with Gasteiger partial charge in [-0.1, -0.05) is 0 Å². The molecule has 0 bridgehead atoms. The van der Waals surface area contributed by atoms with E-state index in [4.69, 9.17) is 18.9 Å². The zero-order valence-electron chi connectivity index (χ0n) is 13.7. The van der Waals surface area contributed by atoms with Crippen LogP contribution in [0.1, 0.15) is 30.6 Å². The van der Waals surface area contributed by atoms with E-state index in [1.165, 1.54) is 21.3 Å². The Morgan fingerprint density at radius 1 is 1.18 bits per heavy atom. The number of methoxy groups -OCH3 is 3. The first kappa shape index (κ1) is 16.4. The highest BCUT2D eigenvalue weighted by Gasteiger charge is 2.39. The summed E-state index contributed by atoms with van der Waals surface area (Å²) in [5.74, 6) is 1.21. The van der Waals surface area contributed by atoms with Crippen molar-refractivity contribution in [1.82, 2.24) is 5.32 Å². The molecule has 1 amide bonds. The maximum Gasteiger partial charge on any atom is 0.255 e. The van der Waals surface area contributed by atoms with Gasteiger partial charge in [-0.25, -0.2) is 0 Å². The van der Waals surface area contributed by atoms with Crippen LogP contribution in [0.5, 0.6) is 17.2 Å². The van der Waals surface area contributed by atoms with Crippen molar-refractivity contribution in [2.24, 2.45) is 0 Å². The zero-order chi connectivity index (χ0) is 16.3. The Labute approximate surface area is 130 Å². The Balaban J connectivity index is 2.32. The Morgan fingerprint density at radius 2 is 1.77 bits per heavy atom. The number of nitrogens with one attached hydrogen (secondary N) is 1. The van der Waals surface area contributed by atoms with E-state index in [1.807, 2.05) is 13.8 Å². The lowest BCUT2D eigenvalue weighted by atomic mass is 9.94. The molecule has 6 nitrogen and oxygen atoms in total. The van der Waals surface area contributed by atoms with Gasteiger partial charge in [-0.2, -0.15) is 0 Å². The van der Waals surface area contributed by atoms with Crippen LogP contribution in [0.15, 0.2) is 12.1 Å². The van der Waals surface area contributed by atoms with Gasteiger partial charge < -0.3 is 24.3 Å². The molecule has 0 spiro atoms. The molecule has 2 rings (SSSR count). The van der Waals surface area contributed by atoms with Crippen LogP contribution in [0.3, 0.4) is 0 Å². The summed E-state index contributed by atoms with van der Waals surface area (Å²) in [4.78, 5) is 12.7. The average Bonchev–Trinajstić information content (AvgIpc) is 2.84. The Hall–Kier alpha value is -1.95. The molecule has 1 aliphatic rings. The van der Waals surface area contributed by atoms with E-state index >= 15 is 0 Å². The third kappa shape index (κ3) is 2.97. The molecule has 1 saturated heterocycles. The third-order valence-electron chi connectivity index (χ3n) is 4.24. The maximum atomic E-state index is 12.7. The van der Waals surface area contributed by atoms with Crippen molar-refractivity contribution < 1.29 is 23.7 Å². The Morgan fingerprint density at radius 3 is 2.27 bits per heavy atom. The summed E-state index contributed by atoms with van der Waals surface area (Å²) in [6.07, 6.45) is 0.734. The van der Waals surface area contributed by atoms with Crippen LogP contribution in [0.4, 0.5) is 0 Å². The second kappa shape index (κ2) is 6.44. The molecule has 1 heterocycles. The second-order valence-corrected chi connectivity index (χ2v) is 5.54. The fourth-order valence-corrected chi connectivity index (χ4v) is 2.53. The van der Waals surface area contributed by atoms with Crippen molar-refractivity contribution in [1.29, 1.82) is 0 Å². The number of carbonyl (C=O) groups is 1. The quantitative estimate of drug-likeness (QED) is 0.901. The minimum absolute atomic E-state index is 0.0393. The number of ether oxygens (including phenoxy) is 4. The number of carbonyl (C=O) groups excluding carboxylic acids is 1. The number of rotatable bonds is 5. The summed E-state index contributed by atoms with van der Waals surface area (Å²) in [7, 11) is 4.58. The SMILES string of the molecule is COc1cc(OC)c(C(=O)NC2(C)CCOC2C)cc1OC. The molecular formula is C16H23NO5. The molecule has 0 saturated carbocycles. The van der Waals surface area contributed by atoms with Crippen molar-refractivity contribution in [3.63, 3.8) is 0 Å². The fraction of sp³-hybridized carbons (Fsp3) is 0.562. The summed E-state index contributed by atoms with van der Waals surface area (Å²) in [6, 6.07) is 3.27. The summed E-state index contributed by atoms with van der Waals surface area (Å²) in [5, 5.41) is 3.04. The first-order valence-corrected chi connectivity index (χ1v) is 7.19. The van der Waals surface area contributed by atoms with E-state index in [9.17, 15) is 4.79 Å². The average molecular weight is 309 g/mol. The van der Waals surface area contributed by atoms with Crippen LogP contribution < -0.4 is 19.5 Å². The monoisotopic (exact) mass is 309 g/mol. The Bertz CT molecular complexity index is 560. The molecule has 1 fully saturated rings. The third-order valence-corrected chi connectivity index (χ3v) is 4.24. The second-order valence-electron chi connectivity index (χ2n) is 5.54. The number of benzene rings is 1. The molecule has 0 aromatic heterocycles. The largest absolute Gasteiger partial charge is 0.496 e. The van der Waals surface area contributed by atoms with Crippen molar-refractivity contribution in [3.05, 3.63) is 17.7 Å². The number of hydrogen-bond acceptors (Lipinski definition) is 5. The lowest BCUT2D eigenvalue weighted by molar-refractivity contribution is 0.0725. The van der Waals surface area contributed by atoms with Gasteiger partial charge >= 0.3 is 0 Å². The van der Waals surface area contributed by atoms with E-state index in [0.29, 0.717) is 29.4 Å². The van der Waals surface area contributed by atoms with Gasteiger partial charge in [0.1, 0.15) is 5.75 Å². The maximum absolute atomic E-state index is 12.7. The summed E-state index contributed by atoms with van der Waals surface area (Å²) in [5.41, 5.74) is 0.00962. The molecule has 1 aliphatic heterocycles. The van der Waals surface area contributed by atoms with Crippen LogP contribution in [-0.2, 0) is 4.74 Å². The first-order valence-electron chi connectivity index (χ1n) is 7.19. The predicted octanol–water partition coefficient (Wildman–Crippen LogP) is 2.01. The van der Waals surface area contributed by atoms with E-state index in [1.54, 1.807) is 12.1 Å². The van der Waals surface area contributed by atoms with Crippen LogP contribution in [-0.4, -0.2) is 45.5 Å². The summed E-state index contributed by atoms with van der Waals surface area (Å²) >= 11 is 0. The van der Waals surface area contributed by atoms with Crippen molar-refractivity contribution in [3.8, 4) is 17.2 Å². The standard InChI is InChI=1S/C16H23NO5/c1-10-16(2,6-7-22-10)17-15(18)11-8-13(20-4)14(21-5)9-12(11)19-3/h8-10H,6-7H2,1-5H3,(H,17,18). The van der Waals surface area contributed by atoms with Gasteiger partial charge in [0.05, 0.1) is 38.5 Å². The van der Waals surface area contributed by atoms with Gasteiger partial charge in [0.15, 0.2) is 11.5 Å². The van der Waals surface area contributed by atoms with Crippen molar-refractivity contribution in [2.45, 2.75) is 31.9 Å². The number of hydrogen-bond donors (Lipinski definition) is 1. The highest BCUT2D eigenvalue weighted by atomic mass is 16.5. The van der Waals surface area contributed by atoms with E-state index in [2.05, 4.69) is 5.32 Å². The molecule has 0 aliphatic carbocycles. The topological polar surface area (TPSA) is 66.0 Å². The van der Waals surface area contributed by atoms with Crippen LogP contribution in [0, 0.1) is 0 Å². The van der Waals surface area contributed by atoms with Gasteiger partial charge in [0.2, 0.25) is 0 Å². The van der Waals surface area contributed by atoms with Gasteiger partial charge in [0, 0.05) is 18.7 Å². The van der Waals surface area contributed by atoms with Crippen LogP contribution >= 0.6 is 0 Å². The van der Waals surface area contributed by atoms with Gasteiger partial charge in [-0.05, 0) is 20.3 Å². The lowest BCUT2D eigenvalue weighted by Crippen LogP contribution is -2.50. The molecule has 22 heavy (non-hydrogen) atoms. The summed E-state index contributed by atoms with van der Waals surface area (Å²) < 4.78 is 21.3. The van der Waals surface area contributed by atoms with Crippen LogP contribution in [0.2, 0.25) is 0 Å². The summed E-state index contributed by atoms with van der Waals surface area (Å²) in [6.45, 7) is 4.58. The van der Waals surface area contributed by atoms with E-state index in [-0.39, 0.29) is 12.0 Å². The fourth-order valence-electron chi connectivity index (χ4n) is 2.53. The molecule has 0 radical (unpaired) electrons. The minimum atomic E-state index is -0.394. The van der Waals surface area contributed by atoms with Crippen LogP contribution in [0.25, 0.3) is 0 Å². The Kier molecular flexibility index (Phi) is 4.81. The van der Waals surface area contributed by atoms with Gasteiger partial charge in [0.25, 0.3) is 5.91 Å². The van der Waals surface area contributed by atoms with Crippen molar-refractivity contribution >= 4 is 5.91 Å². The molecule has 1 aromatic rings. The van der Waals surface area contributed by atoms with Gasteiger partial charge in [-0.3, -0.25) is 4.79 Å². The molecular weight excluding hydrogens is 286 g/mol. The zero-order valence-corrected chi connectivity index (χ0v) is 13.7. The highest BCUT2D eigenvalue weighted by molar-refractivity contribution is 5.98. The minimum Gasteiger partial charge on any atom is -0.496 e. The van der Waals surface area contributed by atoms with Crippen molar-refractivity contribution in [2.75, 3.05) is 27.9 Å². The first-order chi connectivity index (χ1) is 10.4. The molecule has 2 atom stereocenters. The van der Waals surface area contributed by atoms with E-state index < -0.39 is 5.54 Å². The van der Waals surface area contributed by atoms with E-state index in [0.717, 1.165) is 6.42 Å². The molecule has 6 heteroatoms. The molecule has 1 N–H and O–H groups in total. The molecule has 1 aromatic carbocycles. The smallest absolute Gasteiger partial charge is 0.255 e. The highest BCUT2D eigenvalue weighted by Crippen LogP contribution is 2.35.